The van der Waals surface area contributed by atoms with Gasteiger partial charge in [-0.05, 0) is 31.0 Å². The lowest BCUT2D eigenvalue weighted by Gasteiger charge is -2.15. The van der Waals surface area contributed by atoms with Crippen molar-refractivity contribution in [3.05, 3.63) is 23.8 Å². The maximum Gasteiger partial charge on any atom is 0.241 e. The highest BCUT2D eigenvalue weighted by Gasteiger charge is 2.27. The molecule has 0 radical (unpaired) electrons. The number of anilines is 1. The summed E-state index contributed by atoms with van der Waals surface area (Å²) in [6, 6.07) is 5.02. The predicted molar refractivity (Wildman–Crippen MR) is 76.6 cm³/mol. The van der Waals surface area contributed by atoms with Gasteiger partial charge in [-0.25, -0.2) is 13.1 Å². The van der Waals surface area contributed by atoms with E-state index < -0.39 is 10.0 Å². The van der Waals surface area contributed by atoms with Crippen LogP contribution in [0.15, 0.2) is 23.1 Å². The lowest BCUT2D eigenvalue weighted by molar-refractivity contribution is 0.470. The van der Waals surface area contributed by atoms with Crippen LogP contribution in [0.2, 0.25) is 0 Å². The Hall–Kier alpha value is -1.78. The minimum atomic E-state index is -3.56. The molecule has 1 atom stereocenters. The average Bonchev–Trinajstić information content (AvgIpc) is 2.86. The highest BCUT2D eigenvalue weighted by molar-refractivity contribution is 7.89. The van der Waals surface area contributed by atoms with Crippen LogP contribution in [-0.4, -0.2) is 39.5 Å². The van der Waals surface area contributed by atoms with Gasteiger partial charge in [0.1, 0.15) is 0 Å². The number of hydrogen-bond acceptors (Lipinski definition) is 5. The molecule has 2 rings (SSSR count). The van der Waals surface area contributed by atoms with E-state index in [9.17, 15) is 8.42 Å². The Morgan fingerprint density at radius 1 is 1.45 bits per heavy atom. The molecule has 0 spiro atoms. The molecule has 1 fully saturated rings. The lowest BCUT2D eigenvalue weighted by atomic mass is 10.2. The third-order valence-electron chi connectivity index (χ3n) is 3.42. The van der Waals surface area contributed by atoms with Crippen molar-refractivity contribution in [3.8, 4) is 6.19 Å². The number of likely N-dealkylation sites (tertiary alicyclic amines) is 1. The van der Waals surface area contributed by atoms with Gasteiger partial charge in [-0.1, -0.05) is 6.07 Å². The fraction of sp³-hybridized carbons (Fsp3) is 0.462. The molecule has 1 aliphatic heterocycles. The van der Waals surface area contributed by atoms with Crippen LogP contribution in [0, 0.1) is 18.4 Å². The standard InChI is InChI=1S/C13H18N4O2S/c1-10-3-4-11(15-2)7-13(10)20(18,19)16-12-5-6-17(8-12)9-14/h3-4,7,12,15-16H,5-6,8H2,1-2H3/t12-/m1/s1. The lowest BCUT2D eigenvalue weighted by Crippen LogP contribution is -2.36. The molecule has 108 valence electrons. The smallest absolute Gasteiger partial charge is 0.241 e. The molecule has 2 N–H and O–H groups in total. The van der Waals surface area contributed by atoms with Crippen LogP contribution in [0.25, 0.3) is 0 Å². The topological polar surface area (TPSA) is 85.2 Å². The van der Waals surface area contributed by atoms with Gasteiger partial charge in [0.15, 0.2) is 6.19 Å². The van der Waals surface area contributed by atoms with Crippen molar-refractivity contribution in [1.82, 2.24) is 9.62 Å². The number of benzene rings is 1. The normalized spacial score (nSPS) is 18.9. The van der Waals surface area contributed by atoms with E-state index in [2.05, 4.69) is 10.0 Å². The first-order valence-electron chi connectivity index (χ1n) is 6.41. The summed E-state index contributed by atoms with van der Waals surface area (Å²) < 4.78 is 27.5. The van der Waals surface area contributed by atoms with Crippen LogP contribution >= 0.6 is 0 Å². The number of nitrogens with zero attached hydrogens (tertiary/aromatic N) is 2. The molecule has 1 aromatic carbocycles. The quantitative estimate of drug-likeness (QED) is 0.805. The Morgan fingerprint density at radius 2 is 2.20 bits per heavy atom. The summed E-state index contributed by atoms with van der Waals surface area (Å²) in [6.45, 7) is 2.80. The minimum absolute atomic E-state index is 0.211. The van der Waals surface area contributed by atoms with Crippen molar-refractivity contribution in [2.75, 3.05) is 25.5 Å². The van der Waals surface area contributed by atoms with Crippen molar-refractivity contribution >= 4 is 15.7 Å². The Morgan fingerprint density at radius 3 is 2.80 bits per heavy atom. The van der Waals surface area contributed by atoms with Gasteiger partial charge in [-0.3, -0.25) is 0 Å². The van der Waals surface area contributed by atoms with E-state index in [1.54, 1.807) is 31.0 Å². The second-order valence-corrected chi connectivity index (χ2v) is 6.57. The number of rotatable bonds is 4. The molecular formula is C13H18N4O2S. The zero-order valence-electron chi connectivity index (χ0n) is 11.5. The summed E-state index contributed by atoms with van der Waals surface area (Å²) >= 11 is 0. The van der Waals surface area contributed by atoms with Crippen LogP contribution in [0.1, 0.15) is 12.0 Å². The van der Waals surface area contributed by atoms with Gasteiger partial charge in [0, 0.05) is 31.9 Å². The molecule has 1 aliphatic rings. The Labute approximate surface area is 119 Å². The molecule has 6 nitrogen and oxygen atoms in total. The molecule has 20 heavy (non-hydrogen) atoms. The number of hydrogen-bond donors (Lipinski definition) is 2. The van der Waals surface area contributed by atoms with Crippen LogP contribution in [-0.2, 0) is 10.0 Å². The Balaban J connectivity index is 2.21. The third-order valence-corrected chi connectivity index (χ3v) is 5.08. The first kappa shape index (κ1) is 14.6. The van der Waals surface area contributed by atoms with E-state index in [0.717, 1.165) is 5.69 Å². The molecule has 0 saturated carbocycles. The molecule has 1 heterocycles. The summed E-state index contributed by atoms with van der Waals surface area (Å²) in [6.07, 6.45) is 2.69. The number of sulfonamides is 1. The van der Waals surface area contributed by atoms with E-state index in [1.165, 1.54) is 0 Å². The molecule has 1 aromatic rings. The first-order chi connectivity index (χ1) is 9.46. The summed E-state index contributed by atoms with van der Waals surface area (Å²) in [5.74, 6) is 0. The maximum absolute atomic E-state index is 12.4. The highest BCUT2D eigenvalue weighted by Crippen LogP contribution is 2.21. The summed E-state index contributed by atoms with van der Waals surface area (Å²) in [7, 11) is -1.82. The van der Waals surface area contributed by atoms with Crippen LogP contribution in [0.3, 0.4) is 0 Å². The van der Waals surface area contributed by atoms with Gasteiger partial charge in [0.25, 0.3) is 0 Å². The van der Waals surface area contributed by atoms with Gasteiger partial charge in [0.05, 0.1) is 4.90 Å². The van der Waals surface area contributed by atoms with Crippen molar-refractivity contribution in [2.45, 2.75) is 24.3 Å². The van der Waals surface area contributed by atoms with Crippen LogP contribution in [0.5, 0.6) is 0 Å². The average molecular weight is 294 g/mol. The summed E-state index contributed by atoms with van der Waals surface area (Å²) in [5, 5.41) is 11.7. The fourth-order valence-electron chi connectivity index (χ4n) is 2.28. The van der Waals surface area contributed by atoms with E-state index in [-0.39, 0.29) is 10.9 Å². The van der Waals surface area contributed by atoms with Gasteiger partial charge in [-0.15, -0.1) is 0 Å². The highest BCUT2D eigenvalue weighted by atomic mass is 32.2. The van der Waals surface area contributed by atoms with Crippen molar-refractivity contribution < 1.29 is 8.42 Å². The van der Waals surface area contributed by atoms with Gasteiger partial charge >= 0.3 is 0 Å². The summed E-state index contributed by atoms with van der Waals surface area (Å²) in [4.78, 5) is 1.84. The van der Waals surface area contributed by atoms with E-state index in [4.69, 9.17) is 5.26 Å². The third kappa shape index (κ3) is 3.03. The SMILES string of the molecule is CNc1ccc(C)c(S(=O)(=O)N[C@@H]2CCN(C#N)C2)c1. The molecule has 0 unspecified atom stereocenters. The summed E-state index contributed by atoms with van der Waals surface area (Å²) in [5.41, 5.74) is 1.45. The van der Waals surface area contributed by atoms with Crippen LogP contribution < -0.4 is 10.0 Å². The molecule has 7 heteroatoms. The van der Waals surface area contributed by atoms with Crippen molar-refractivity contribution in [1.29, 1.82) is 5.26 Å². The maximum atomic E-state index is 12.4. The monoisotopic (exact) mass is 294 g/mol. The molecule has 0 aromatic heterocycles. The minimum Gasteiger partial charge on any atom is -0.388 e. The van der Waals surface area contributed by atoms with Gasteiger partial charge in [-0.2, -0.15) is 5.26 Å². The Bertz CT molecular complexity index is 636. The molecule has 0 aliphatic carbocycles. The largest absolute Gasteiger partial charge is 0.388 e. The fourth-order valence-corrected chi connectivity index (χ4v) is 3.81. The van der Waals surface area contributed by atoms with Gasteiger partial charge in [0.2, 0.25) is 10.0 Å². The second-order valence-electron chi connectivity index (χ2n) is 4.88. The van der Waals surface area contributed by atoms with Gasteiger partial charge < -0.3 is 10.2 Å². The molecule has 0 bridgehead atoms. The Kier molecular flexibility index (Phi) is 4.16. The number of aryl methyl sites for hydroxylation is 1. The molecule has 0 amide bonds. The van der Waals surface area contributed by atoms with E-state index >= 15 is 0 Å². The van der Waals surface area contributed by atoms with Crippen molar-refractivity contribution in [2.24, 2.45) is 0 Å². The zero-order chi connectivity index (χ0) is 14.8. The van der Waals surface area contributed by atoms with Crippen molar-refractivity contribution in [3.63, 3.8) is 0 Å². The second kappa shape index (κ2) is 5.69. The van der Waals surface area contributed by atoms with E-state index in [0.29, 0.717) is 25.1 Å². The predicted octanol–water partition coefficient (Wildman–Crippen LogP) is 0.870. The van der Waals surface area contributed by atoms with E-state index in [1.807, 2.05) is 12.3 Å². The van der Waals surface area contributed by atoms with Crippen LogP contribution in [0.4, 0.5) is 5.69 Å². The molecule has 1 saturated heterocycles. The molecular weight excluding hydrogens is 276 g/mol. The number of nitrogens with one attached hydrogen (secondary N) is 2. The zero-order valence-corrected chi connectivity index (χ0v) is 12.4. The number of nitriles is 1. The first-order valence-corrected chi connectivity index (χ1v) is 7.90.